The fraction of sp³-hybridized carbons (Fsp3) is 0.429. The van der Waals surface area contributed by atoms with E-state index in [1.165, 1.54) is 12.8 Å². The van der Waals surface area contributed by atoms with E-state index in [0.29, 0.717) is 11.8 Å². The summed E-state index contributed by atoms with van der Waals surface area (Å²) < 4.78 is 6.06. The Morgan fingerprint density at radius 1 is 1.21 bits per heavy atom. The predicted octanol–water partition coefficient (Wildman–Crippen LogP) is 4.87. The third-order valence-electron chi connectivity index (χ3n) is 4.48. The molecule has 1 aromatic carbocycles. The second-order valence-electron chi connectivity index (χ2n) is 7.12. The van der Waals surface area contributed by atoms with Gasteiger partial charge in [0.1, 0.15) is 12.0 Å². The summed E-state index contributed by atoms with van der Waals surface area (Å²) in [6, 6.07) is 10.1. The topological polar surface area (TPSA) is 39.2 Å². The molecule has 3 heteroatoms. The second-order valence-corrected chi connectivity index (χ2v) is 7.12. The summed E-state index contributed by atoms with van der Waals surface area (Å²) in [6.45, 7) is 5.07. The largest absolute Gasteiger partial charge is 0.493 e. The number of pyridine rings is 1. The lowest BCUT2D eigenvalue weighted by Crippen LogP contribution is -2.06. The first-order chi connectivity index (χ1) is 11.7. The Kier molecular flexibility index (Phi) is 5.29. The molecule has 1 aliphatic rings. The summed E-state index contributed by atoms with van der Waals surface area (Å²) in [7, 11) is 0. The highest BCUT2D eigenvalue weighted by molar-refractivity contribution is 5.73. The summed E-state index contributed by atoms with van der Waals surface area (Å²) >= 11 is 0. The number of aromatic nitrogens is 1. The molecule has 126 valence electrons. The third kappa shape index (κ3) is 4.22. The van der Waals surface area contributed by atoms with Crippen molar-refractivity contribution in [3.8, 4) is 16.9 Å². The number of nitrogens with zero attached hydrogens (tertiary/aromatic N) is 1. The zero-order chi connectivity index (χ0) is 16.9. The lowest BCUT2D eigenvalue weighted by atomic mass is 9.89. The van der Waals surface area contributed by atoms with Gasteiger partial charge in [0.25, 0.3) is 0 Å². The molecule has 1 atom stereocenters. The quantitative estimate of drug-likeness (QED) is 0.651. The maximum Gasteiger partial charge on any atom is 0.127 e. The molecule has 0 saturated heterocycles. The second kappa shape index (κ2) is 7.61. The number of ether oxygens (including phenoxy) is 1. The Bertz CT molecular complexity index is 677. The number of carbonyl (C=O) groups excluding carboxylic acids is 1. The average Bonchev–Trinajstić information content (AvgIpc) is 3.43. The molecule has 0 radical (unpaired) electrons. The lowest BCUT2D eigenvalue weighted by Gasteiger charge is -2.17. The fourth-order valence-corrected chi connectivity index (χ4v) is 2.93. The molecule has 0 amide bonds. The van der Waals surface area contributed by atoms with E-state index in [0.717, 1.165) is 41.8 Å². The van der Waals surface area contributed by atoms with Crippen molar-refractivity contribution in [1.82, 2.24) is 4.98 Å². The van der Waals surface area contributed by atoms with Gasteiger partial charge >= 0.3 is 0 Å². The molecule has 3 nitrogen and oxygen atoms in total. The third-order valence-corrected chi connectivity index (χ3v) is 4.48. The first kappa shape index (κ1) is 16.7. The van der Waals surface area contributed by atoms with Crippen LogP contribution in [0.2, 0.25) is 0 Å². The molecule has 1 aromatic heterocycles. The Morgan fingerprint density at radius 2 is 1.96 bits per heavy atom. The van der Waals surface area contributed by atoms with Crippen molar-refractivity contribution in [1.29, 1.82) is 0 Å². The molecule has 2 aromatic rings. The molecule has 1 heterocycles. The lowest BCUT2D eigenvalue weighted by molar-refractivity contribution is -0.109. The van der Waals surface area contributed by atoms with Crippen molar-refractivity contribution in [2.45, 2.75) is 39.0 Å². The normalized spacial score (nSPS) is 15.3. The maximum absolute atomic E-state index is 11.6. The van der Waals surface area contributed by atoms with E-state index in [1.54, 1.807) is 12.4 Å². The minimum Gasteiger partial charge on any atom is -0.493 e. The highest BCUT2D eigenvalue weighted by atomic mass is 16.5. The first-order valence-corrected chi connectivity index (χ1v) is 8.79. The van der Waals surface area contributed by atoms with Gasteiger partial charge in [0.05, 0.1) is 6.61 Å². The van der Waals surface area contributed by atoms with Crippen LogP contribution in [0.3, 0.4) is 0 Å². The van der Waals surface area contributed by atoms with E-state index < -0.39 is 0 Å². The molecule has 3 rings (SSSR count). The van der Waals surface area contributed by atoms with E-state index in [9.17, 15) is 4.79 Å². The van der Waals surface area contributed by atoms with Crippen LogP contribution in [0.1, 0.15) is 44.6 Å². The van der Waals surface area contributed by atoms with Crippen molar-refractivity contribution in [3.05, 3.63) is 48.3 Å². The van der Waals surface area contributed by atoms with E-state index in [-0.39, 0.29) is 5.92 Å². The van der Waals surface area contributed by atoms with E-state index >= 15 is 0 Å². The Labute approximate surface area is 144 Å². The van der Waals surface area contributed by atoms with Crippen LogP contribution in [-0.2, 0) is 4.79 Å². The van der Waals surface area contributed by atoms with Gasteiger partial charge in [0, 0.05) is 23.9 Å². The highest BCUT2D eigenvalue weighted by Gasteiger charge is 2.23. The standard InChI is InChI=1S/C21H25NO2/c1-15(2)11-19(13-23)18-5-6-21(24-14-16-3-4-16)20(12-18)17-7-9-22-10-8-17/h5-10,12-13,15-16,19H,3-4,11,14H2,1-2H3. The molecule has 0 aliphatic heterocycles. The maximum atomic E-state index is 11.6. The Balaban J connectivity index is 1.93. The van der Waals surface area contributed by atoms with E-state index in [1.807, 2.05) is 24.3 Å². The Hall–Kier alpha value is -2.16. The van der Waals surface area contributed by atoms with Crippen molar-refractivity contribution in [2.24, 2.45) is 11.8 Å². The van der Waals surface area contributed by atoms with Crippen LogP contribution >= 0.6 is 0 Å². The minimum absolute atomic E-state index is 0.0666. The molecule has 0 N–H and O–H groups in total. The van der Waals surface area contributed by atoms with Crippen LogP contribution in [0.25, 0.3) is 11.1 Å². The van der Waals surface area contributed by atoms with Gasteiger partial charge in [-0.25, -0.2) is 0 Å². The van der Waals surface area contributed by atoms with Crippen molar-refractivity contribution in [3.63, 3.8) is 0 Å². The van der Waals surface area contributed by atoms with Gasteiger partial charge in [0.2, 0.25) is 0 Å². The van der Waals surface area contributed by atoms with Crippen LogP contribution in [0.15, 0.2) is 42.7 Å². The molecule has 0 spiro atoms. The average molecular weight is 323 g/mol. The molecule has 0 bridgehead atoms. The smallest absolute Gasteiger partial charge is 0.127 e. The van der Waals surface area contributed by atoms with Gasteiger partial charge in [-0.2, -0.15) is 0 Å². The monoisotopic (exact) mass is 323 g/mol. The Morgan fingerprint density at radius 3 is 2.58 bits per heavy atom. The van der Waals surface area contributed by atoms with Gasteiger partial charge in [0.15, 0.2) is 0 Å². The van der Waals surface area contributed by atoms with Gasteiger partial charge in [-0.3, -0.25) is 4.98 Å². The van der Waals surface area contributed by atoms with Crippen LogP contribution in [0, 0.1) is 11.8 Å². The van der Waals surface area contributed by atoms with Crippen molar-refractivity contribution < 1.29 is 9.53 Å². The summed E-state index contributed by atoms with van der Waals surface area (Å²) in [5.41, 5.74) is 3.18. The molecular formula is C21H25NO2. The van der Waals surface area contributed by atoms with Gasteiger partial charge in [-0.05, 0) is 66.5 Å². The summed E-state index contributed by atoms with van der Waals surface area (Å²) in [6.07, 6.45) is 8.04. The van der Waals surface area contributed by atoms with Gasteiger partial charge in [-0.15, -0.1) is 0 Å². The zero-order valence-electron chi connectivity index (χ0n) is 14.4. The SMILES string of the molecule is CC(C)CC(C=O)c1ccc(OCC2CC2)c(-c2ccncc2)c1. The van der Waals surface area contributed by atoms with Crippen LogP contribution in [-0.4, -0.2) is 17.9 Å². The zero-order valence-corrected chi connectivity index (χ0v) is 14.4. The number of hydrogen-bond acceptors (Lipinski definition) is 3. The molecule has 1 saturated carbocycles. The van der Waals surface area contributed by atoms with Crippen molar-refractivity contribution in [2.75, 3.05) is 6.61 Å². The van der Waals surface area contributed by atoms with E-state index in [2.05, 4.69) is 24.9 Å². The number of carbonyl (C=O) groups is 1. The number of aldehydes is 1. The number of benzene rings is 1. The minimum atomic E-state index is -0.0666. The molecular weight excluding hydrogens is 298 g/mol. The molecule has 24 heavy (non-hydrogen) atoms. The van der Waals surface area contributed by atoms with Crippen LogP contribution in [0.5, 0.6) is 5.75 Å². The number of hydrogen-bond donors (Lipinski definition) is 0. The summed E-state index contributed by atoms with van der Waals surface area (Å²) in [4.78, 5) is 15.7. The van der Waals surface area contributed by atoms with Crippen LogP contribution < -0.4 is 4.74 Å². The van der Waals surface area contributed by atoms with Gasteiger partial charge < -0.3 is 9.53 Å². The first-order valence-electron chi connectivity index (χ1n) is 8.79. The summed E-state index contributed by atoms with van der Waals surface area (Å²) in [5.74, 6) is 2.02. The highest BCUT2D eigenvalue weighted by Crippen LogP contribution is 2.36. The summed E-state index contributed by atoms with van der Waals surface area (Å²) in [5, 5.41) is 0. The fourth-order valence-electron chi connectivity index (χ4n) is 2.93. The molecule has 1 aliphatic carbocycles. The van der Waals surface area contributed by atoms with Gasteiger partial charge in [-0.1, -0.05) is 19.9 Å². The van der Waals surface area contributed by atoms with Crippen LogP contribution in [0.4, 0.5) is 0 Å². The van der Waals surface area contributed by atoms with E-state index in [4.69, 9.17) is 4.74 Å². The number of rotatable bonds is 8. The molecule has 1 unspecified atom stereocenters. The molecule has 1 fully saturated rings. The van der Waals surface area contributed by atoms with Crippen molar-refractivity contribution >= 4 is 6.29 Å². The predicted molar refractivity (Wildman–Crippen MR) is 96.2 cm³/mol.